The standard InChI is InChI=1S/C33H30F3NO7S/c1-4-41-25(39)11-8-18-6-5-7-22-29(18)42-15-13-33(22,2)24(38)17-43-32(40)21-16-19(9-10-23(21)34)44-30-27(36)26(35)28-20(12-14-37-28)31(30)45-3/h5-7,9-10,12,14,16,37H,4,8,11,13,15,17H2,1-3H3. The predicted molar refractivity (Wildman–Crippen MR) is 161 cm³/mol. The van der Waals surface area contributed by atoms with Gasteiger partial charge in [-0.1, -0.05) is 18.2 Å². The number of carbonyl (C=O) groups is 3. The van der Waals surface area contributed by atoms with Gasteiger partial charge in [-0.15, -0.1) is 11.8 Å². The summed E-state index contributed by atoms with van der Waals surface area (Å²) in [6.45, 7) is 3.28. The summed E-state index contributed by atoms with van der Waals surface area (Å²) in [5.41, 5.74) is -0.314. The van der Waals surface area contributed by atoms with E-state index in [0.717, 1.165) is 29.5 Å². The average molecular weight is 642 g/mol. The third-order valence-corrected chi connectivity index (χ3v) is 8.60. The zero-order valence-corrected chi connectivity index (χ0v) is 25.6. The van der Waals surface area contributed by atoms with E-state index in [1.54, 1.807) is 38.3 Å². The fraction of sp³-hybridized carbons (Fsp3) is 0.303. The Morgan fingerprint density at radius 2 is 1.87 bits per heavy atom. The number of esters is 2. The lowest BCUT2D eigenvalue weighted by molar-refractivity contribution is -0.143. The monoisotopic (exact) mass is 641 g/mol. The molecule has 0 fully saturated rings. The summed E-state index contributed by atoms with van der Waals surface area (Å²) in [6.07, 6.45) is 3.94. The molecule has 12 heteroatoms. The maximum Gasteiger partial charge on any atom is 0.341 e. The Morgan fingerprint density at radius 1 is 1.07 bits per heavy atom. The molecule has 1 aliphatic heterocycles. The molecule has 4 aromatic rings. The first-order valence-electron chi connectivity index (χ1n) is 14.2. The van der Waals surface area contributed by atoms with Crippen LogP contribution >= 0.6 is 11.8 Å². The first kappa shape index (κ1) is 32.0. The molecule has 0 amide bonds. The maximum atomic E-state index is 15.0. The Hall–Kier alpha value is -4.45. The maximum absolute atomic E-state index is 15.0. The molecule has 0 radical (unpaired) electrons. The quantitative estimate of drug-likeness (QED) is 0.137. The van der Waals surface area contributed by atoms with Gasteiger partial charge < -0.3 is 23.9 Å². The van der Waals surface area contributed by atoms with Crippen LogP contribution in [-0.4, -0.2) is 48.8 Å². The molecule has 1 atom stereocenters. The Balaban J connectivity index is 1.32. The van der Waals surface area contributed by atoms with E-state index in [1.165, 1.54) is 12.3 Å². The molecule has 45 heavy (non-hydrogen) atoms. The number of ketones is 1. The number of benzene rings is 3. The summed E-state index contributed by atoms with van der Waals surface area (Å²) in [5.74, 6) is -5.31. The molecule has 8 nitrogen and oxygen atoms in total. The van der Waals surface area contributed by atoms with E-state index in [2.05, 4.69) is 4.98 Å². The molecule has 2 heterocycles. The highest BCUT2D eigenvalue weighted by atomic mass is 32.2. The van der Waals surface area contributed by atoms with Crippen LogP contribution in [0.4, 0.5) is 13.2 Å². The first-order chi connectivity index (χ1) is 21.6. The van der Waals surface area contributed by atoms with Crippen molar-refractivity contribution in [3.63, 3.8) is 0 Å². The van der Waals surface area contributed by atoms with Gasteiger partial charge in [0.2, 0.25) is 5.82 Å². The molecule has 0 bridgehead atoms. The van der Waals surface area contributed by atoms with Gasteiger partial charge in [0.1, 0.15) is 17.3 Å². The second-order valence-corrected chi connectivity index (χ2v) is 11.3. The normalized spacial score (nSPS) is 15.7. The number of fused-ring (bicyclic) bond motifs is 2. The van der Waals surface area contributed by atoms with Gasteiger partial charge in [0.15, 0.2) is 24.0 Å². The number of Topliss-reactive ketones (excluding diaryl/α,β-unsaturated/α-hetero) is 1. The number of hydrogen-bond acceptors (Lipinski definition) is 8. The van der Waals surface area contributed by atoms with Crippen LogP contribution in [0.2, 0.25) is 0 Å². The summed E-state index contributed by atoms with van der Waals surface area (Å²) in [6, 6.07) is 10.00. The number of rotatable bonds is 11. The Kier molecular flexibility index (Phi) is 9.42. The van der Waals surface area contributed by atoms with Crippen LogP contribution < -0.4 is 9.47 Å². The third kappa shape index (κ3) is 6.24. The minimum absolute atomic E-state index is 0.0222. The topological polar surface area (TPSA) is 104 Å². The number of H-pyrrole nitrogens is 1. The number of thioether (sulfide) groups is 1. The van der Waals surface area contributed by atoms with Gasteiger partial charge in [0, 0.05) is 23.6 Å². The number of aromatic nitrogens is 1. The molecule has 1 aliphatic rings. The summed E-state index contributed by atoms with van der Waals surface area (Å²) in [5, 5.41) is 0.394. The summed E-state index contributed by atoms with van der Waals surface area (Å²) in [7, 11) is 0. The Labute approximate surface area is 261 Å². The third-order valence-electron chi connectivity index (χ3n) is 7.78. The summed E-state index contributed by atoms with van der Waals surface area (Å²) < 4.78 is 66.2. The van der Waals surface area contributed by atoms with E-state index >= 15 is 0 Å². The van der Waals surface area contributed by atoms with Crippen LogP contribution in [-0.2, 0) is 30.9 Å². The van der Waals surface area contributed by atoms with Crippen molar-refractivity contribution in [3.05, 3.63) is 82.8 Å². The van der Waals surface area contributed by atoms with Crippen LogP contribution in [0.25, 0.3) is 10.9 Å². The fourth-order valence-electron chi connectivity index (χ4n) is 5.31. The van der Waals surface area contributed by atoms with Crippen molar-refractivity contribution in [3.8, 4) is 17.2 Å². The van der Waals surface area contributed by atoms with Crippen LogP contribution in [0.15, 0.2) is 53.6 Å². The van der Waals surface area contributed by atoms with Crippen LogP contribution in [0.1, 0.15) is 48.2 Å². The highest BCUT2D eigenvalue weighted by molar-refractivity contribution is 7.99. The number of aromatic amines is 1. The van der Waals surface area contributed by atoms with Gasteiger partial charge in [0.05, 0.1) is 34.6 Å². The number of halogens is 3. The number of para-hydroxylation sites is 1. The lowest BCUT2D eigenvalue weighted by Crippen LogP contribution is -2.40. The number of ether oxygens (including phenoxy) is 4. The van der Waals surface area contributed by atoms with Gasteiger partial charge in [-0.2, -0.15) is 4.39 Å². The minimum Gasteiger partial charge on any atom is -0.493 e. The second kappa shape index (κ2) is 13.3. The number of carbonyl (C=O) groups excluding carboxylic acids is 3. The molecule has 1 aromatic heterocycles. The van der Waals surface area contributed by atoms with Crippen molar-refractivity contribution in [1.82, 2.24) is 4.98 Å². The smallest absolute Gasteiger partial charge is 0.341 e. The van der Waals surface area contributed by atoms with Gasteiger partial charge in [-0.25, -0.2) is 13.6 Å². The number of hydrogen-bond donors (Lipinski definition) is 1. The van der Waals surface area contributed by atoms with Crippen LogP contribution in [0, 0.1) is 17.5 Å². The van der Waals surface area contributed by atoms with Gasteiger partial charge in [-0.05, 0) is 62.8 Å². The molecule has 5 rings (SSSR count). The zero-order chi connectivity index (χ0) is 32.3. The van der Waals surface area contributed by atoms with E-state index in [1.807, 2.05) is 6.07 Å². The Morgan fingerprint density at radius 3 is 2.62 bits per heavy atom. The lowest BCUT2D eigenvalue weighted by atomic mass is 9.73. The lowest BCUT2D eigenvalue weighted by Gasteiger charge is -2.35. The molecule has 0 spiro atoms. The highest BCUT2D eigenvalue weighted by Crippen LogP contribution is 2.43. The fourth-order valence-corrected chi connectivity index (χ4v) is 6.02. The van der Waals surface area contributed by atoms with Crippen molar-refractivity contribution in [2.24, 2.45) is 0 Å². The molecule has 236 valence electrons. The second-order valence-electron chi connectivity index (χ2n) is 10.5. The van der Waals surface area contributed by atoms with Crippen molar-refractivity contribution in [2.45, 2.75) is 43.4 Å². The predicted octanol–water partition coefficient (Wildman–Crippen LogP) is 7.06. The zero-order valence-electron chi connectivity index (χ0n) is 24.8. The van der Waals surface area contributed by atoms with Crippen LogP contribution in [0.5, 0.6) is 17.2 Å². The summed E-state index contributed by atoms with van der Waals surface area (Å²) >= 11 is 1.13. The van der Waals surface area contributed by atoms with E-state index in [4.69, 9.17) is 18.9 Å². The molecular formula is C33H30F3NO7S. The molecule has 0 aliphatic carbocycles. The van der Waals surface area contributed by atoms with Crippen LogP contribution in [0.3, 0.4) is 0 Å². The van der Waals surface area contributed by atoms with Crippen molar-refractivity contribution in [1.29, 1.82) is 0 Å². The molecule has 1 N–H and O–H groups in total. The average Bonchev–Trinajstić information content (AvgIpc) is 3.52. The largest absolute Gasteiger partial charge is 0.493 e. The molecule has 0 saturated carbocycles. The SMILES string of the molecule is CCOC(=O)CCc1cccc2c1OCCC2(C)C(=O)COC(=O)c1cc(Oc2c(F)c(F)c3[nH]ccc3c2SC)ccc1F. The summed E-state index contributed by atoms with van der Waals surface area (Å²) in [4.78, 5) is 41.3. The van der Waals surface area contributed by atoms with E-state index in [-0.39, 0.29) is 36.9 Å². The highest BCUT2D eigenvalue weighted by Gasteiger charge is 2.41. The van der Waals surface area contributed by atoms with Crippen molar-refractivity contribution < 1.29 is 46.5 Å². The van der Waals surface area contributed by atoms with Gasteiger partial charge in [0.25, 0.3) is 0 Å². The molecule has 0 saturated heterocycles. The Bertz CT molecular complexity index is 1790. The van der Waals surface area contributed by atoms with Gasteiger partial charge in [-0.3, -0.25) is 9.59 Å². The van der Waals surface area contributed by atoms with Crippen molar-refractivity contribution in [2.75, 3.05) is 26.1 Å². The number of nitrogens with one attached hydrogen (secondary N) is 1. The molecule has 1 unspecified atom stereocenters. The minimum atomic E-state index is -1.25. The number of aryl methyl sites for hydroxylation is 1. The van der Waals surface area contributed by atoms with E-state index in [0.29, 0.717) is 34.4 Å². The van der Waals surface area contributed by atoms with E-state index in [9.17, 15) is 27.6 Å². The van der Waals surface area contributed by atoms with Gasteiger partial charge >= 0.3 is 11.9 Å². The van der Waals surface area contributed by atoms with Crippen molar-refractivity contribution >= 4 is 40.4 Å². The van der Waals surface area contributed by atoms with E-state index < -0.39 is 52.5 Å². The molecule has 3 aromatic carbocycles. The molecular weight excluding hydrogens is 611 g/mol. The first-order valence-corrected chi connectivity index (χ1v) is 15.4.